The molecule has 0 aliphatic carbocycles. The second-order valence-electron chi connectivity index (χ2n) is 7.76. The lowest BCUT2D eigenvalue weighted by molar-refractivity contribution is 1.14. The number of benzene rings is 2. The minimum absolute atomic E-state index is 0.861. The van der Waals surface area contributed by atoms with E-state index in [0.29, 0.717) is 0 Å². The predicted molar refractivity (Wildman–Crippen MR) is 132 cm³/mol. The third kappa shape index (κ3) is 2.46. The second kappa shape index (κ2) is 6.70. The first-order chi connectivity index (χ1) is 15.9. The van der Waals surface area contributed by atoms with Crippen LogP contribution in [0.1, 0.15) is 0 Å². The van der Waals surface area contributed by atoms with Gasteiger partial charge in [-0.15, -0.1) is 11.3 Å². The fourth-order valence-electron chi connectivity index (χ4n) is 4.58. The zero-order valence-corrected chi connectivity index (χ0v) is 17.8. The summed E-state index contributed by atoms with van der Waals surface area (Å²) in [7, 11) is 0. The summed E-state index contributed by atoms with van der Waals surface area (Å²) in [6.45, 7) is 0. The van der Waals surface area contributed by atoms with Gasteiger partial charge in [0.1, 0.15) is 0 Å². The molecule has 5 aromatic heterocycles. The maximum absolute atomic E-state index is 4.75. The van der Waals surface area contributed by atoms with Crippen LogP contribution in [0.25, 0.3) is 59.2 Å². The highest BCUT2D eigenvalue weighted by Crippen LogP contribution is 2.42. The number of thiophene rings is 1. The van der Waals surface area contributed by atoms with Gasteiger partial charge in [-0.25, -0.2) is 0 Å². The Kier molecular flexibility index (Phi) is 3.68. The van der Waals surface area contributed by atoms with Gasteiger partial charge in [0.25, 0.3) is 0 Å². The molecule has 5 heterocycles. The summed E-state index contributed by atoms with van der Waals surface area (Å²) in [5, 5.41) is 3.71. The van der Waals surface area contributed by atoms with Crippen LogP contribution in [0.5, 0.6) is 0 Å². The number of hydrogen-bond donors (Lipinski definition) is 0. The molecule has 0 atom stereocenters. The largest absolute Gasteiger partial charge is 0.305 e. The van der Waals surface area contributed by atoms with Gasteiger partial charge < -0.3 is 4.57 Å². The van der Waals surface area contributed by atoms with Crippen LogP contribution < -0.4 is 0 Å². The molecule has 0 N–H and O–H groups in total. The SMILES string of the molecule is c1ccc(-c2ccc(-n3c4cccnc4c4ccc5sc6ccccc6c5c43)cn2)nc1. The summed E-state index contributed by atoms with van der Waals surface area (Å²) in [6.07, 6.45) is 5.59. The molecule has 7 aromatic rings. The van der Waals surface area contributed by atoms with Gasteiger partial charge in [-0.3, -0.25) is 15.0 Å². The van der Waals surface area contributed by atoms with Crippen LogP contribution in [-0.2, 0) is 0 Å². The van der Waals surface area contributed by atoms with Gasteiger partial charge in [0.05, 0.1) is 39.8 Å². The van der Waals surface area contributed by atoms with Crippen LogP contribution in [0.3, 0.4) is 0 Å². The van der Waals surface area contributed by atoms with Crippen molar-refractivity contribution in [2.45, 2.75) is 0 Å². The quantitative estimate of drug-likeness (QED) is 0.298. The summed E-state index contributed by atoms with van der Waals surface area (Å²) in [5.41, 5.74) is 6.01. The molecule has 0 fully saturated rings. The van der Waals surface area contributed by atoms with Crippen molar-refractivity contribution in [3.8, 4) is 17.1 Å². The van der Waals surface area contributed by atoms with Crippen molar-refractivity contribution in [2.24, 2.45) is 0 Å². The Bertz CT molecular complexity index is 1760. The van der Waals surface area contributed by atoms with E-state index in [1.165, 1.54) is 25.7 Å². The minimum atomic E-state index is 0.861. The average Bonchev–Trinajstić information content (AvgIpc) is 3.40. The van der Waals surface area contributed by atoms with Crippen LogP contribution in [0, 0.1) is 0 Å². The molecule has 0 unspecified atom stereocenters. The van der Waals surface area contributed by atoms with E-state index in [1.807, 2.05) is 54.1 Å². The maximum Gasteiger partial charge on any atom is 0.0963 e. The first-order valence-electron chi connectivity index (χ1n) is 10.5. The van der Waals surface area contributed by atoms with Gasteiger partial charge in [0.15, 0.2) is 0 Å². The molecule has 0 bridgehead atoms. The molecule has 0 radical (unpaired) electrons. The predicted octanol–water partition coefficient (Wildman–Crippen LogP) is 7.00. The number of aromatic nitrogens is 4. The lowest BCUT2D eigenvalue weighted by Gasteiger charge is -2.09. The normalized spacial score (nSPS) is 11.8. The molecule has 0 saturated heterocycles. The van der Waals surface area contributed by atoms with Gasteiger partial charge in [0, 0.05) is 38.0 Å². The topological polar surface area (TPSA) is 43.6 Å². The molecule has 4 nitrogen and oxygen atoms in total. The second-order valence-corrected chi connectivity index (χ2v) is 8.84. The first kappa shape index (κ1) is 17.6. The summed E-state index contributed by atoms with van der Waals surface area (Å²) >= 11 is 1.83. The zero-order valence-electron chi connectivity index (χ0n) is 16.9. The van der Waals surface area contributed by atoms with Gasteiger partial charge in [-0.2, -0.15) is 0 Å². The highest BCUT2D eigenvalue weighted by Gasteiger charge is 2.18. The van der Waals surface area contributed by atoms with E-state index in [4.69, 9.17) is 9.97 Å². The van der Waals surface area contributed by atoms with Crippen LogP contribution in [0.15, 0.2) is 97.5 Å². The molecular formula is C27H16N4S. The van der Waals surface area contributed by atoms with Gasteiger partial charge in [-0.05, 0) is 54.6 Å². The van der Waals surface area contributed by atoms with E-state index in [-0.39, 0.29) is 0 Å². The van der Waals surface area contributed by atoms with Crippen LogP contribution in [0.2, 0.25) is 0 Å². The van der Waals surface area contributed by atoms with Crippen molar-refractivity contribution in [3.63, 3.8) is 0 Å². The Labute approximate surface area is 187 Å². The Morgan fingerprint density at radius 2 is 1.50 bits per heavy atom. The minimum Gasteiger partial charge on any atom is -0.305 e. The lowest BCUT2D eigenvalue weighted by atomic mass is 10.1. The summed E-state index contributed by atoms with van der Waals surface area (Å²) < 4.78 is 4.87. The smallest absolute Gasteiger partial charge is 0.0963 e. The molecule has 32 heavy (non-hydrogen) atoms. The molecule has 0 amide bonds. The molecule has 5 heteroatoms. The number of fused-ring (bicyclic) bond motifs is 7. The molecule has 0 aliphatic heterocycles. The van der Waals surface area contributed by atoms with Crippen LogP contribution in [-0.4, -0.2) is 19.5 Å². The third-order valence-corrected chi connectivity index (χ3v) is 7.09. The maximum atomic E-state index is 4.75. The molecule has 150 valence electrons. The fourth-order valence-corrected chi connectivity index (χ4v) is 5.69. The molecule has 2 aromatic carbocycles. The van der Waals surface area contributed by atoms with Crippen molar-refractivity contribution < 1.29 is 0 Å². The van der Waals surface area contributed by atoms with Crippen molar-refractivity contribution in [1.29, 1.82) is 0 Å². The van der Waals surface area contributed by atoms with E-state index in [9.17, 15) is 0 Å². The van der Waals surface area contributed by atoms with E-state index in [1.54, 1.807) is 6.20 Å². The Morgan fingerprint density at radius 3 is 2.38 bits per heavy atom. The lowest BCUT2D eigenvalue weighted by Crippen LogP contribution is -1.96. The van der Waals surface area contributed by atoms with E-state index in [2.05, 4.69) is 58.1 Å². The van der Waals surface area contributed by atoms with Crippen molar-refractivity contribution in [2.75, 3.05) is 0 Å². The zero-order chi connectivity index (χ0) is 21.1. The first-order valence-corrected chi connectivity index (χ1v) is 11.3. The highest BCUT2D eigenvalue weighted by molar-refractivity contribution is 7.26. The highest BCUT2D eigenvalue weighted by atomic mass is 32.1. The van der Waals surface area contributed by atoms with Crippen molar-refractivity contribution in [3.05, 3.63) is 97.5 Å². The van der Waals surface area contributed by atoms with Crippen molar-refractivity contribution >= 4 is 53.4 Å². The molecular weight excluding hydrogens is 412 g/mol. The number of nitrogens with zero attached hydrogens (tertiary/aromatic N) is 4. The summed E-state index contributed by atoms with van der Waals surface area (Å²) in [5.74, 6) is 0. The number of pyridine rings is 3. The van der Waals surface area contributed by atoms with Gasteiger partial charge in [0.2, 0.25) is 0 Å². The molecule has 0 saturated carbocycles. The Morgan fingerprint density at radius 1 is 0.625 bits per heavy atom. The molecule has 7 rings (SSSR count). The number of hydrogen-bond acceptors (Lipinski definition) is 4. The van der Waals surface area contributed by atoms with Crippen molar-refractivity contribution in [1.82, 2.24) is 19.5 Å². The van der Waals surface area contributed by atoms with Crippen LogP contribution >= 0.6 is 11.3 Å². The summed E-state index contributed by atoms with van der Waals surface area (Å²) in [4.78, 5) is 13.9. The van der Waals surface area contributed by atoms with Gasteiger partial charge >= 0.3 is 0 Å². The Balaban J connectivity index is 1.59. The molecule has 0 spiro atoms. The molecule has 0 aliphatic rings. The monoisotopic (exact) mass is 428 g/mol. The van der Waals surface area contributed by atoms with E-state index < -0.39 is 0 Å². The average molecular weight is 429 g/mol. The van der Waals surface area contributed by atoms with E-state index >= 15 is 0 Å². The number of rotatable bonds is 2. The van der Waals surface area contributed by atoms with Crippen LogP contribution in [0.4, 0.5) is 0 Å². The van der Waals surface area contributed by atoms with E-state index in [0.717, 1.165) is 33.5 Å². The summed E-state index contributed by atoms with van der Waals surface area (Å²) in [6, 6.07) is 27.2. The van der Waals surface area contributed by atoms with Gasteiger partial charge in [-0.1, -0.05) is 24.3 Å². The Hall–Kier alpha value is -4.09. The third-order valence-electron chi connectivity index (χ3n) is 5.96. The fraction of sp³-hybridized carbons (Fsp3) is 0. The standard InChI is InChI=1S/C27H16N4S/c1-2-9-23-18(6-1)25-24(32-23)13-11-19-26-22(8-5-15-29-26)31(27(19)25)17-10-12-21(30-16-17)20-7-3-4-14-28-20/h1-16H.